The molecule has 1 aliphatic heterocycles. The summed E-state index contributed by atoms with van der Waals surface area (Å²) in [5, 5.41) is 0. The van der Waals surface area contributed by atoms with Crippen molar-refractivity contribution in [2.45, 2.75) is 25.7 Å². The Morgan fingerprint density at radius 3 is 2.93 bits per heavy atom. The number of allylic oxidation sites excluding steroid dienone is 1. The molecule has 0 atom stereocenters. The molecule has 0 radical (unpaired) electrons. The number of halogens is 1. The molecule has 1 heterocycles. The summed E-state index contributed by atoms with van der Waals surface area (Å²) in [6.45, 7) is 0.705. The van der Waals surface area contributed by atoms with Crippen molar-refractivity contribution in [3.63, 3.8) is 0 Å². The molecule has 0 amide bonds. The van der Waals surface area contributed by atoms with Crippen LogP contribution in [0.25, 0.3) is 0 Å². The Hall–Kier alpha value is -0.700. The molecule has 0 spiro atoms. The van der Waals surface area contributed by atoms with E-state index in [0.717, 1.165) is 25.0 Å². The highest BCUT2D eigenvalue weighted by Crippen LogP contribution is 2.24. The Morgan fingerprint density at radius 2 is 2.43 bits per heavy atom. The number of carbonyl (C=O) groups excluding carboxylic acids is 1. The van der Waals surface area contributed by atoms with Gasteiger partial charge in [0.15, 0.2) is 0 Å². The average Bonchev–Trinajstić information content (AvgIpc) is 2.71. The molecule has 1 aliphatic rings. The standard InChI is InChI=1S/C10H15ClO3/c1-13-10(12)8(4-2-6-11)9-5-3-7-14-9/h2-7H2,1H3/b9-8+. The lowest BCUT2D eigenvalue weighted by atomic mass is 10.1. The van der Waals surface area contributed by atoms with Crippen LogP contribution < -0.4 is 0 Å². The quantitative estimate of drug-likeness (QED) is 0.413. The monoisotopic (exact) mass is 218 g/mol. The molecular formula is C10H15ClO3. The van der Waals surface area contributed by atoms with Crippen LogP contribution in [0, 0.1) is 0 Å². The first-order valence-electron chi connectivity index (χ1n) is 4.78. The highest BCUT2D eigenvalue weighted by molar-refractivity contribution is 6.17. The molecule has 0 aliphatic carbocycles. The maximum absolute atomic E-state index is 11.4. The summed E-state index contributed by atoms with van der Waals surface area (Å²) in [7, 11) is 1.39. The molecule has 0 aromatic rings. The Labute approximate surface area is 89.0 Å². The Balaban J connectivity index is 2.69. The third-order valence-corrected chi connectivity index (χ3v) is 2.42. The fraction of sp³-hybridized carbons (Fsp3) is 0.700. The van der Waals surface area contributed by atoms with Gasteiger partial charge in [0.05, 0.1) is 19.3 Å². The molecule has 0 aromatic carbocycles. The molecular weight excluding hydrogens is 204 g/mol. The molecule has 1 fully saturated rings. The van der Waals surface area contributed by atoms with E-state index in [1.54, 1.807) is 0 Å². The highest BCUT2D eigenvalue weighted by Gasteiger charge is 2.20. The third kappa shape index (κ3) is 2.91. The van der Waals surface area contributed by atoms with Crippen LogP contribution in [0.4, 0.5) is 0 Å². The fourth-order valence-electron chi connectivity index (χ4n) is 1.46. The minimum absolute atomic E-state index is 0.285. The van der Waals surface area contributed by atoms with E-state index in [4.69, 9.17) is 21.1 Å². The topological polar surface area (TPSA) is 35.5 Å². The molecule has 0 bridgehead atoms. The second kappa shape index (κ2) is 5.91. The lowest BCUT2D eigenvalue weighted by molar-refractivity contribution is -0.136. The smallest absolute Gasteiger partial charge is 0.337 e. The highest BCUT2D eigenvalue weighted by atomic mass is 35.5. The van der Waals surface area contributed by atoms with Crippen LogP contribution in [0.2, 0.25) is 0 Å². The van der Waals surface area contributed by atoms with Crippen molar-refractivity contribution in [2.24, 2.45) is 0 Å². The molecule has 1 rings (SSSR count). The van der Waals surface area contributed by atoms with Crippen molar-refractivity contribution >= 4 is 17.6 Å². The summed E-state index contributed by atoms with van der Waals surface area (Å²) in [4.78, 5) is 11.4. The lowest BCUT2D eigenvalue weighted by Gasteiger charge is -2.08. The van der Waals surface area contributed by atoms with Gasteiger partial charge < -0.3 is 9.47 Å². The minimum Gasteiger partial charge on any atom is -0.497 e. The Kier molecular flexibility index (Phi) is 4.80. The first kappa shape index (κ1) is 11.4. The molecule has 0 aromatic heterocycles. The van der Waals surface area contributed by atoms with E-state index in [1.807, 2.05) is 0 Å². The SMILES string of the molecule is COC(=O)/C(CCCCl)=C1\CCCO1. The van der Waals surface area contributed by atoms with Gasteiger partial charge in [-0.05, 0) is 19.3 Å². The van der Waals surface area contributed by atoms with Gasteiger partial charge >= 0.3 is 5.97 Å². The van der Waals surface area contributed by atoms with E-state index in [9.17, 15) is 4.79 Å². The minimum atomic E-state index is -0.285. The lowest BCUT2D eigenvalue weighted by Crippen LogP contribution is -2.08. The number of esters is 1. The number of rotatable bonds is 4. The zero-order valence-electron chi connectivity index (χ0n) is 8.35. The van der Waals surface area contributed by atoms with Crippen LogP contribution >= 0.6 is 11.6 Å². The van der Waals surface area contributed by atoms with Crippen molar-refractivity contribution in [3.05, 3.63) is 11.3 Å². The van der Waals surface area contributed by atoms with Crippen LogP contribution in [0.3, 0.4) is 0 Å². The van der Waals surface area contributed by atoms with Crippen molar-refractivity contribution in [3.8, 4) is 0 Å². The average molecular weight is 219 g/mol. The van der Waals surface area contributed by atoms with Gasteiger partial charge in [0.25, 0.3) is 0 Å². The Bertz CT molecular complexity index is 228. The van der Waals surface area contributed by atoms with Crippen LogP contribution in [0.15, 0.2) is 11.3 Å². The molecule has 1 saturated heterocycles. The summed E-state index contributed by atoms with van der Waals surface area (Å²) in [6, 6.07) is 0. The van der Waals surface area contributed by atoms with E-state index in [2.05, 4.69) is 0 Å². The van der Waals surface area contributed by atoms with Gasteiger partial charge in [-0.25, -0.2) is 4.79 Å². The summed E-state index contributed by atoms with van der Waals surface area (Å²) in [5.41, 5.74) is 0.658. The van der Waals surface area contributed by atoms with E-state index < -0.39 is 0 Å². The number of hydrogen-bond acceptors (Lipinski definition) is 3. The number of methoxy groups -OCH3 is 1. The molecule has 0 unspecified atom stereocenters. The van der Waals surface area contributed by atoms with E-state index in [1.165, 1.54) is 7.11 Å². The van der Waals surface area contributed by atoms with Crippen molar-refractivity contribution in [1.82, 2.24) is 0 Å². The summed E-state index contributed by atoms with van der Waals surface area (Å²) in [6.07, 6.45) is 3.24. The molecule has 0 saturated carbocycles. The zero-order valence-corrected chi connectivity index (χ0v) is 9.10. The second-order valence-electron chi connectivity index (χ2n) is 3.14. The molecule has 14 heavy (non-hydrogen) atoms. The number of alkyl halides is 1. The summed E-state index contributed by atoms with van der Waals surface area (Å²) in [5.74, 6) is 1.06. The number of hydrogen-bond donors (Lipinski definition) is 0. The van der Waals surface area contributed by atoms with Gasteiger partial charge in [-0.1, -0.05) is 0 Å². The van der Waals surface area contributed by atoms with Crippen molar-refractivity contribution in [2.75, 3.05) is 19.6 Å². The first-order valence-corrected chi connectivity index (χ1v) is 5.32. The van der Waals surface area contributed by atoms with Gasteiger partial charge in [-0.2, -0.15) is 0 Å². The maximum Gasteiger partial charge on any atom is 0.337 e. The predicted octanol–water partition coefficient (Wildman–Crippen LogP) is 2.24. The zero-order chi connectivity index (χ0) is 10.4. The molecule has 3 nitrogen and oxygen atoms in total. The second-order valence-corrected chi connectivity index (χ2v) is 3.52. The summed E-state index contributed by atoms with van der Waals surface area (Å²) < 4.78 is 10.1. The van der Waals surface area contributed by atoms with E-state index in [-0.39, 0.29) is 5.97 Å². The number of carbonyl (C=O) groups is 1. The third-order valence-electron chi connectivity index (χ3n) is 2.15. The normalized spacial score (nSPS) is 19.0. The molecule has 0 N–H and O–H groups in total. The largest absolute Gasteiger partial charge is 0.497 e. The predicted molar refractivity (Wildman–Crippen MR) is 54.2 cm³/mol. The van der Waals surface area contributed by atoms with Crippen LogP contribution in [0.5, 0.6) is 0 Å². The molecule has 80 valence electrons. The van der Waals surface area contributed by atoms with Crippen LogP contribution in [-0.2, 0) is 14.3 Å². The van der Waals surface area contributed by atoms with Gasteiger partial charge in [-0.15, -0.1) is 11.6 Å². The maximum atomic E-state index is 11.4. The van der Waals surface area contributed by atoms with Gasteiger partial charge in [0.1, 0.15) is 5.76 Å². The summed E-state index contributed by atoms with van der Waals surface area (Å²) >= 11 is 5.58. The van der Waals surface area contributed by atoms with Gasteiger partial charge in [-0.3, -0.25) is 0 Å². The van der Waals surface area contributed by atoms with Crippen molar-refractivity contribution in [1.29, 1.82) is 0 Å². The van der Waals surface area contributed by atoms with Gasteiger partial charge in [0.2, 0.25) is 0 Å². The molecule has 4 heteroatoms. The fourth-order valence-corrected chi connectivity index (χ4v) is 1.59. The van der Waals surface area contributed by atoms with Crippen LogP contribution in [0.1, 0.15) is 25.7 Å². The Morgan fingerprint density at radius 1 is 1.64 bits per heavy atom. The van der Waals surface area contributed by atoms with E-state index in [0.29, 0.717) is 24.5 Å². The first-order chi connectivity index (χ1) is 6.79. The number of ether oxygens (including phenoxy) is 2. The van der Waals surface area contributed by atoms with E-state index >= 15 is 0 Å². The van der Waals surface area contributed by atoms with Gasteiger partial charge in [0, 0.05) is 12.3 Å². The van der Waals surface area contributed by atoms with Crippen LogP contribution in [-0.4, -0.2) is 25.6 Å². The van der Waals surface area contributed by atoms with Crippen molar-refractivity contribution < 1.29 is 14.3 Å².